The number of carbonyl (C=O) groups excluding carboxylic acids is 1. The number of piperazine rings is 1. The monoisotopic (exact) mass is 560 g/mol. The van der Waals surface area contributed by atoms with Crippen LogP contribution < -0.4 is 14.8 Å². The first-order valence-electron chi connectivity index (χ1n) is 11.0. The maximum absolute atomic E-state index is 12.8. The van der Waals surface area contributed by atoms with Gasteiger partial charge >= 0.3 is 0 Å². The smallest absolute Gasteiger partial charge is 0.262 e. The highest BCUT2D eigenvalue weighted by molar-refractivity contribution is 7.89. The molecule has 1 fully saturated rings. The largest absolute Gasteiger partial charge is 0.482 e. The lowest BCUT2D eigenvalue weighted by molar-refractivity contribution is -0.118. The summed E-state index contributed by atoms with van der Waals surface area (Å²) in [7, 11) is -3.96. The standard InChI is InChI=1S/C22H29ClN4O7S2/c1-26-10-12-27(13-11-26)36(31,32)18-5-3-17(4-6-18)25-22(28)16-34-21-8-7-19(15-20(21)23)35(29,30)24-9-14-33-2/h3-8,15,24H,9-14,16H2,1-2H3,(H,25,28). The lowest BCUT2D eigenvalue weighted by Crippen LogP contribution is -2.46. The van der Waals surface area contributed by atoms with E-state index in [4.69, 9.17) is 21.1 Å². The fourth-order valence-electron chi connectivity index (χ4n) is 3.36. The van der Waals surface area contributed by atoms with Crippen molar-refractivity contribution in [1.82, 2.24) is 13.9 Å². The molecule has 0 saturated carbocycles. The summed E-state index contributed by atoms with van der Waals surface area (Å²) < 4.78 is 64.2. The fraction of sp³-hybridized carbons (Fsp3) is 0.409. The topological polar surface area (TPSA) is 134 Å². The normalized spacial score (nSPS) is 15.5. The number of likely N-dealkylation sites (N-methyl/N-ethyl adjacent to an activating group) is 1. The molecule has 1 saturated heterocycles. The van der Waals surface area contributed by atoms with Crippen molar-refractivity contribution in [3.05, 3.63) is 47.5 Å². The summed E-state index contributed by atoms with van der Waals surface area (Å²) in [5.74, 6) is -0.366. The van der Waals surface area contributed by atoms with Crippen LogP contribution in [0.1, 0.15) is 0 Å². The SMILES string of the molecule is COCCNS(=O)(=O)c1ccc(OCC(=O)Nc2ccc(S(=O)(=O)N3CCN(C)CC3)cc2)c(Cl)c1. The van der Waals surface area contributed by atoms with Gasteiger partial charge in [0.25, 0.3) is 5.91 Å². The van der Waals surface area contributed by atoms with E-state index in [1.165, 1.54) is 53.9 Å². The Bertz CT molecular complexity index is 1260. The number of rotatable bonds is 11. The minimum atomic E-state index is -3.76. The average Bonchev–Trinajstić information content (AvgIpc) is 2.84. The molecule has 0 aliphatic carbocycles. The predicted octanol–water partition coefficient (Wildman–Crippen LogP) is 1.22. The first-order valence-corrected chi connectivity index (χ1v) is 14.3. The molecule has 2 aromatic rings. The zero-order chi connectivity index (χ0) is 26.3. The third kappa shape index (κ3) is 7.38. The van der Waals surface area contributed by atoms with Crippen molar-refractivity contribution in [1.29, 1.82) is 0 Å². The van der Waals surface area contributed by atoms with E-state index in [1.54, 1.807) is 0 Å². The first-order chi connectivity index (χ1) is 17.0. The highest BCUT2D eigenvalue weighted by Crippen LogP contribution is 2.27. The minimum Gasteiger partial charge on any atom is -0.482 e. The van der Waals surface area contributed by atoms with Crippen molar-refractivity contribution >= 4 is 43.2 Å². The van der Waals surface area contributed by atoms with Crippen LogP contribution in [0, 0.1) is 0 Å². The van der Waals surface area contributed by atoms with Gasteiger partial charge in [-0.15, -0.1) is 0 Å². The molecule has 1 aliphatic rings. The molecule has 36 heavy (non-hydrogen) atoms. The maximum atomic E-state index is 12.8. The number of amides is 1. The molecule has 2 N–H and O–H groups in total. The van der Waals surface area contributed by atoms with Crippen molar-refractivity contribution in [2.75, 3.05) is 65.4 Å². The predicted molar refractivity (Wildman–Crippen MR) is 135 cm³/mol. The quantitative estimate of drug-likeness (QED) is 0.392. The number of hydrogen-bond donors (Lipinski definition) is 2. The molecule has 2 aromatic carbocycles. The minimum absolute atomic E-state index is 0.0240. The molecule has 1 aliphatic heterocycles. The molecular formula is C22H29ClN4O7S2. The summed E-state index contributed by atoms with van der Waals surface area (Å²) in [5.41, 5.74) is 0.399. The third-order valence-electron chi connectivity index (χ3n) is 5.41. The lowest BCUT2D eigenvalue weighted by atomic mass is 10.3. The van der Waals surface area contributed by atoms with Gasteiger partial charge in [0.1, 0.15) is 5.75 Å². The summed E-state index contributed by atoms with van der Waals surface area (Å²) in [6, 6.07) is 9.80. The number of sulfonamides is 2. The summed E-state index contributed by atoms with van der Waals surface area (Å²) in [4.78, 5) is 14.5. The van der Waals surface area contributed by atoms with Crippen LogP contribution in [0.5, 0.6) is 5.75 Å². The number of nitrogens with one attached hydrogen (secondary N) is 2. The van der Waals surface area contributed by atoms with Gasteiger partial charge in [-0.1, -0.05) is 11.6 Å². The average molecular weight is 561 g/mol. The van der Waals surface area contributed by atoms with Crippen LogP contribution in [0.2, 0.25) is 5.02 Å². The molecule has 1 heterocycles. The van der Waals surface area contributed by atoms with E-state index in [9.17, 15) is 21.6 Å². The van der Waals surface area contributed by atoms with Gasteiger partial charge < -0.3 is 19.7 Å². The van der Waals surface area contributed by atoms with E-state index in [0.29, 0.717) is 31.9 Å². The second kappa shape index (κ2) is 12.3. The molecule has 0 atom stereocenters. The van der Waals surface area contributed by atoms with Crippen LogP contribution in [0.4, 0.5) is 5.69 Å². The summed E-state index contributed by atoms with van der Waals surface area (Å²) in [5, 5.41) is 2.64. The molecule has 0 spiro atoms. The van der Waals surface area contributed by atoms with E-state index in [0.717, 1.165) is 0 Å². The van der Waals surface area contributed by atoms with Crippen LogP contribution in [-0.4, -0.2) is 92.0 Å². The van der Waals surface area contributed by atoms with Gasteiger partial charge in [0.2, 0.25) is 20.0 Å². The number of hydrogen-bond acceptors (Lipinski definition) is 8. The number of nitrogens with zero attached hydrogens (tertiary/aromatic N) is 2. The second-order valence-electron chi connectivity index (χ2n) is 8.05. The molecule has 0 aromatic heterocycles. The first kappa shape index (κ1) is 28.3. The molecule has 198 valence electrons. The molecule has 14 heteroatoms. The van der Waals surface area contributed by atoms with Gasteiger partial charge in [-0.05, 0) is 49.5 Å². The molecule has 1 amide bonds. The summed E-state index contributed by atoms with van der Waals surface area (Å²) in [6.07, 6.45) is 0. The molecule has 11 nitrogen and oxygen atoms in total. The number of ether oxygens (including phenoxy) is 2. The van der Waals surface area contributed by atoms with E-state index in [1.807, 2.05) is 7.05 Å². The number of anilines is 1. The van der Waals surface area contributed by atoms with Crippen LogP contribution in [-0.2, 0) is 29.6 Å². The van der Waals surface area contributed by atoms with Gasteiger partial charge in [0.15, 0.2) is 6.61 Å². The Morgan fingerprint density at radius 2 is 1.64 bits per heavy atom. The van der Waals surface area contributed by atoms with Crippen molar-refractivity contribution in [2.45, 2.75) is 9.79 Å². The number of methoxy groups -OCH3 is 1. The zero-order valence-corrected chi connectivity index (χ0v) is 22.3. The van der Waals surface area contributed by atoms with Crippen molar-refractivity contribution in [3.8, 4) is 5.75 Å². The van der Waals surface area contributed by atoms with E-state index in [-0.39, 0.29) is 40.3 Å². The van der Waals surface area contributed by atoms with Crippen LogP contribution in [0.15, 0.2) is 52.3 Å². The summed E-state index contributed by atoms with van der Waals surface area (Å²) in [6.45, 7) is 2.13. The third-order valence-corrected chi connectivity index (χ3v) is 9.08. The zero-order valence-electron chi connectivity index (χ0n) is 19.9. The van der Waals surface area contributed by atoms with Gasteiger partial charge in [0.05, 0.1) is 21.4 Å². The van der Waals surface area contributed by atoms with E-state index in [2.05, 4.69) is 14.9 Å². The van der Waals surface area contributed by atoms with Gasteiger partial charge in [-0.2, -0.15) is 4.31 Å². The fourth-order valence-corrected chi connectivity index (χ4v) is 6.12. The number of halogens is 1. The Balaban J connectivity index is 1.55. The van der Waals surface area contributed by atoms with Gasteiger partial charge in [-0.25, -0.2) is 21.6 Å². The maximum Gasteiger partial charge on any atom is 0.262 e. The molecule has 0 bridgehead atoms. The van der Waals surface area contributed by atoms with E-state index >= 15 is 0 Å². The Kier molecular flexibility index (Phi) is 9.69. The Morgan fingerprint density at radius 1 is 1.00 bits per heavy atom. The molecular weight excluding hydrogens is 532 g/mol. The Hall–Kier alpha value is -2.26. The van der Waals surface area contributed by atoms with Gasteiger partial charge in [-0.3, -0.25) is 4.79 Å². The Labute approximate surface area is 216 Å². The van der Waals surface area contributed by atoms with Crippen molar-refractivity contribution in [3.63, 3.8) is 0 Å². The highest BCUT2D eigenvalue weighted by atomic mass is 35.5. The van der Waals surface area contributed by atoms with Crippen molar-refractivity contribution < 1.29 is 31.1 Å². The highest BCUT2D eigenvalue weighted by Gasteiger charge is 2.27. The van der Waals surface area contributed by atoms with Gasteiger partial charge in [0, 0.05) is 45.5 Å². The number of benzene rings is 2. The van der Waals surface area contributed by atoms with E-state index < -0.39 is 26.0 Å². The number of carbonyl (C=O) groups is 1. The van der Waals surface area contributed by atoms with Crippen LogP contribution in [0.25, 0.3) is 0 Å². The molecule has 0 radical (unpaired) electrons. The Morgan fingerprint density at radius 3 is 2.25 bits per heavy atom. The molecule has 0 unspecified atom stereocenters. The lowest BCUT2D eigenvalue weighted by Gasteiger charge is -2.31. The summed E-state index contributed by atoms with van der Waals surface area (Å²) >= 11 is 6.14. The van der Waals surface area contributed by atoms with Crippen molar-refractivity contribution in [2.24, 2.45) is 0 Å². The van der Waals surface area contributed by atoms with Crippen LogP contribution >= 0.6 is 11.6 Å². The second-order valence-corrected chi connectivity index (χ2v) is 12.2. The van der Waals surface area contributed by atoms with Crippen LogP contribution in [0.3, 0.4) is 0 Å². The molecule has 3 rings (SSSR count).